The fourth-order valence-electron chi connectivity index (χ4n) is 2.50. The minimum atomic E-state index is -0.257. The maximum atomic E-state index is 12.1. The molecule has 0 bridgehead atoms. The highest BCUT2D eigenvalue weighted by molar-refractivity contribution is 6.30. The SMILES string of the molecule is Cc1cc(NC(=O)COc2ccc(Cl)cc2)ccc1-c1ccc(CO)o1. The van der Waals surface area contributed by atoms with Gasteiger partial charge in [0.05, 0.1) is 0 Å². The number of aryl methyl sites for hydroxylation is 1. The largest absolute Gasteiger partial charge is 0.484 e. The number of hydrogen-bond acceptors (Lipinski definition) is 4. The molecule has 0 aliphatic rings. The van der Waals surface area contributed by atoms with E-state index in [-0.39, 0.29) is 19.1 Å². The Balaban J connectivity index is 1.61. The fourth-order valence-corrected chi connectivity index (χ4v) is 2.63. The van der Waals surface area contributed by atoms with Crippen molar-refractivity contribution < 1.29 is 19.1 Å². The lowest BCUT2D eigenvalue weighted by Gasteiger charge is -2.10. The van der Waals surface area contributed by atoms with Crippen LogP contribution in [0, 0.1) is 6.92 Å². The van der Waals surface area contributed by atoms with E-state index in [4.69, 9.17) is 25.9 Å². The van der Waals surface area contributed by atoms with Crippen molar-refractivity contribution in [3.8, 4) is 17.1 Å². The van der Waals surface area contributed by atoms with Crippen LogP contribution < -0.4 is 10.1 Å². The minimum Gasteiger partial charge on any atom is -0.484 e. The highest BCUT2D eigenvalue weighted by Crippen LogP contribution is 2.27. The Morgan fingerprint density at radius 3 is 2.58 bits per heavy atom. The van der Waals surface area contributed by atoms with Crippen molar-refractivity contribution in [2.45, 2.75) is 13.5 Å². The van der Waals surface area contributed by atoms with Gasteiger partial charge >= 0.3 is 0 Å². The number of carbonyl (C=O) groups is 1. The summed E-state index contributed by atoms with van der Waals surface area (Å²) < 4.78 is 11.0. The number of nitrogens with one attached hydrogen (secondary N) is 1. The van der Waals surface area contributed by atoms with Gasteiger partial charge in [-0.1, -0.05) is 11.6 Å². The molecule has 0 spiro atoms. The van der Waals surface area contributed by atoms with Gasteiger partial charge in [-0.3, -0.25) is 4.79 Å². The van der Waals surface area contributed by atoms with Crippen molar-refractivity contribution in [3.05, 3.63) is 70.9 Å². The molecule has 0 aliphatic heterocycles. The van der Waals surface area contributed by atoms with E-state index < -0.39 is 0 Å². The Hall–Kier alpha value is -2.76. The molecule has 1 heterocycles. The van der Waals surface area contributed by atoms with Gasteiger partial charge in [0, 0.05) is 16.3 Å². The third-order valence-electron chi connectivity index (χ3n) is 3.78. The van der Waals surface area contributed by atoms with Crippen LogP contribution >= 0.6 is 11.6 Å². The molecule has 0 saturated heterocycles. The molecule has 0 unspecified atom stereocenters. The summed E-state index contributed by atoms with van der Waals surface area (Å²) >= 11 is 5.81. The van der Waals surface area contributed by atoms with Crippen LogP contribution in [-0.2, 0) is 11.4 Å². The number of hydrogen-bond donors (Lipinski definition) is 2. The van der Waals surface area contributed by atoms with Crippen molar-refractivity contribution in [2.24, 2.45) is 0 Å². The monoisotopic (exact) mass is 371 g/mol. The van der Waals surface area contributed by atoms with E-state index in [0.29, 0.717) is 28.0 Å². The molecular formula is C20H18ClNO4. The van der Waals surface area contributed by atoms with Crippen molar-refractivity contribution in [1.29, 1.82) is 0 Å². The zero-order valence-corrected chi connectivity index (χ0v) is 14.9. The van der Waals surface area contributed by atoms with Crippen LogP contribution in [0.15, 0.2) is 59.0 Å². The average molecular weight is 372 g/mol. The number of rotatable bonds is 6. The predicted octanol–water partition coefficient (Wildman–Crippen LogP) is 4.42. The van der Waals surface area contributed by atoms with Gasteiger partial charge in [0.25, 0.3) is 5.91 Å². The normalized spacial score (nSPS) is 10.6. The Morgan fingerprint density at radius 1 is 1.15 bits per heavy atom. The van der Waals surface area contributed by atoms with Crippen LogP contribution in [0.4, 0.5) is 5.69 Å². The second kappa shape index (κ2) is 8.08. The molecule has 0 radical (unpaired) electrons. The topological polar surface area (TPSA) is 71.7 Å². The lowest BCUT2D eigenvalue weighted by atomic mass is 10.1. The van der Waals surface area contributed by atoms with E-state index in [9.17, 15) is 4.79 Å². The Bertz CT molecular complexity index is 902. The number of ether oxygens (including phenoxy) is 1. The van der Waals surface area contributed by atoms with Crippen LogP contribution in [0.3, 0.4) is 0 Å². The maximum absolute atomic E-state index is 12.1. The van der Waals surface area contributed by atoms with E-state index in [0.717, 1.165) is 11.1 Å². The van der Waals surface area contributed by atoms with Crippen LogP contribution in [0.25, 0.3) is 11.3 Å². The lowest BCUT2D eigenvalue weighted by Crippen LogP contribution is -2.20. The van der Waals surface area contributed by atoms with Crippen molar-refractivity contribution in [2.75, 3.05) is 11.9 Å². The number of amides is 1. The first kappa shape index (κ1) is 18.0. The van der Waals surface area contributed by atoms with Crippen LogP contribution in [0.2, 0.25) is 5.02 Å². The van der Waals surface area contributed by atoms with Crippen molar-refractivity contribution in [1.82, 2.24) is 0 Å². The van der Waals surface area contributed by atoms with Gasteiger partial charge in [-0.15, -0.1) is 0 Å². The molecule has 134 valence electrons. The zero-order valence-electron chi connectivity index (χ0n) is 14.2. The zero-order chi connectivity index (χ0) is 18.5. The standard InChI is InChI=1S/C20H18ClNO4/c1-13-10-15(4-8-18(13)19-9-7-17(11-23)26-19)22-20(24)12-25-16-5-2-14(21)3-6-16/h2-10,23H,11-12H2,1H3,(H,22,24). The summed E-state index contributed by atoms with van der Waals surface area (Å²) in [5, 5.41) is 12.5. The highest BCUT2D eigenvalue weighted by Gasteiger charge is 2.10. The van der Waals surface area contributed by atoms with Gasteiger partial charge < -0.3 is 19.6 Å². The van der Waals surface area contributed by atoms with E-state index in [1.807, 2.05) is 25.1 Å². The Kier molecular flexibility index (Phi) is 5.61. The van der Waals surface area contributed by atoms with E-state index in [1.165, 1.54) is 0 Å². The molecule has 26 heavy (non-hydrogen) atoms. The quantitative estimate of drug-likeness (QED) is 0.672. The summed E-state index contributed by atoms with van der Waals surface area (Å²) in [6.07, 6.45) is 0. The number of benzene rings is 2. The number of aliphatic hydroxyl groups is 1. The molecule has 5 nitrogen and oxygen atoms in total. The molecule has 1 amide bonds. The molecule has 6 heteroatoms. The number of aliphatic hydroxyl groups excluding tert-OH is 1. The highest BCUT2D eigenvalue weighted by atomic mass is 35.5. The number of furan rings is 1. The molecule has 3 aromatic rings. The van der Waals surface area contributed by atoms with Crippen molar-refractivity contribution >= 4 is 23.2 Å². The maximum Gasteiger partial charge on any atom is 0.262 e. The van der Waals surface area contributed by atoms with Crippen molar-refractivity contribution in [3.63, 3.8) is 0 Å². The second-order valence-electron chi connectivity index (χ2n) is 5.74. The van der Waals surface area contributed by atoms with Gasteiger partial charge in [-0.25, -0.2) is 0 Å². The van der Waals surface area contributed by atoms with Crippen LogP contribution in [-0.4, -0.2) is 17.6 Å². The van der Waals surface area contributed by atoms with E-state index in [2.05, 4.69) is 5.32 Å². The molecule has 1 aromatic heterocycles. The van der Waals surface area contributed by atoms with Crippen LogP contribution in [0.1, 0.15) is 11.3 Å². The first-order valence-corrected chi connectivity index (χ1v) is 8.42. The summed E-state index contributed by atoms with van der Waals surface area (Å²) in [5.41, 5.74) is 2.52. The third kappa shape index (κ3) is 4.45. The number of halogens is 1. The smallest absolute Gasteiger partial charge is 0.262 e. The van der Waals surface area contributed by atoms with E-state index >= 15 is 0 Å². The average Bonchev–Trinajstić information content (AvgIpc) is 3.10. The Labute approximate surface area is 156 Å². The molecule has 3 rings (SSSR count). The molecule has 2 N–H and O–H groups in total. The Morgan fingerprint density at radius 2 is 1.92 bits per heavy atom. The van der Waals surface area contributed by atoms with Gasteiger partial charge in [-0.05, 0) is 67.1 Å². The summed E-state index contributed by atoms with van der Waals surface area (Å²) in [7, 11) is 0. The minimum absolute atomic E-state index is 0.0968. The second-order valence-corrected chi connectivity index (χ2v) is 6.18. The predicted molar refractivity (Wildman–Crippen MR) is 100 cm³/mol. The van der Waals surface area contributed by atoms with Crippen LogP contribution in [0.5, 0.6) is 5.75 Å². The molecular weight excluding hydrogens is 354 g/mol. The summed E-state index contributed by atoms with van der Waals surface area (Å²) in [6, 6.07) is 15.9. The summed E-state index contributed by atoms with van der Waals surface area (Å²) in [4.78, 5) is 12.1. The number of anilines is 1. The summed E-state index contributed by atoms with van der Waals surface area (Å²) in [5.74, 6) is 1.51. The van der Waals surface area contributed by atoms with Gasteiger partial charge in [0.15, 0.2) is 6.61 Å². The third-order valence-corrected chi connectivity index (χ3v) is 4.03. The molecule has 0 aliphatic carbocycles. The van der Waals surface area contributed by atoms with E-state index in [1.54, 1.807) is 36.4 Å². The lowest BCUT2D eigenvalue weighted by molar-refractivity contribution is -0.118. The van der Waals surface area contributed by atoms with Gasteiger partial charge in [-0.2, -0.15) is 0 Å². The first-order chi connectivity index (χ1) is 12.5. The molecule has 2 aromatic carbocycles. The number of carbonyl (C=O) groups excluding carboxylic acids is 1. The molecule has 0 atom stereocenters. The van der Waals surface area contributed by atoms with Gasteiger partial charge in [0.1, 0.15) is 23.9 Å². The molecule has 0 saturated carbocycles. The molecule has 0 fully saturated rings. The summed E-state index contributed by atoms with van der Waals surface area (Å²) in [6.45, 7) is 1.69. The fraction of sp³-hybridized carbons (Fsp3) is 0.150. The van der Waals surface area contributed by atoms with Gasteiger partial charge in [0.2, 0.25) is 0 Å². The first-order valence-electron chi connectivity index (χ1n) is 8.04.